The Labute approximate surface area is 120 Å². The van der Waals surface area contributed by atoms with E-state index in [-0.39, 0.29) is 35.0 Å². The lowest BCUT2D eigenvalue weighted by Gasteiger charge is -2.22. The highest BCUT2D eigenvalue weighted by Gasteiger charge is 2.30. The van der Waals surface area contributed by atoms with E-state index in [2.05, 4.69) is 0 Å². The van der Waals surface area contributed by atoms with Crippen molar-refractivity contribution in [2.45, 2.75) is 26.6 Å². The predicted octanol–water partition coefficient (Wildman–Crippen LogP) is 3.63. The van der Waals surface area contributed by atoms with Crippen molar-refractivity contribution in [2.75, 3.05) is 13.1 Å². The lowest BCUT2D eigenvalue weighted by Crippen LogP contribution is -2.33. The largest absolute Gasteiger partial charge is 0.507 e. The summed E-state index contributed by atoms with van der Waals surface area (Å²) in [6.07, 6.45) is -4.33. The van der Waals surface area contributed by atoms with Crippen LogP contribution in [0.2, 0.25) is 5.02 Å². The average Bonchev–Trinajstić information content (AvgIpc) is 2.30. The number of phenolic OH excluding ortho intramolecular Hbond substituents is 1. The van der Waals surface area contributed by atoms with E-state index < -0.39 is 18.5 Å². The number of aromatic hydroxyl groups is 1. The van der Waals surface area contributed by atoms with E-state index >= 15 is 0 Å². The van der Waals surface area contributed by atoms with Gasteiger partial charge < -0.3 is 5.11 Å². The van der Waals surface area contributed by atoms with Crippen molar-refractivity contribution >= 4 is 17.4 Å². The van der Waals surface area contributed by atoms with E-state index in [1.807, 2.05) is 0 Å². The Hall–Kier alpha value is -1.27. The summed E-state index contributed by atoms with van der Waals surface area (Å²) in [5.74, 6) is -0.715. The highest BCUT2D eigenvalue weighted by atomic mass is 35.5. The monoisotopic (exact) mass is 309 g/mol. The maximum atomic E-state index is 12.4. The molecule has 0 saturated carbocycles. The Morgan fingerprint density at radius 1 is 1.40 bits per heavy atom. The third-order valence-electron chi connectivity index (χ3n) is 2.78. The number of benzene rings is 1. The third-order valence-corrected chi connectivity index (χ3v) is 3.00. The zero-order valence-electron chi connectivity index (χ0n) is 11.1. The van der Waals surface area contributed by atoms with E-state index in [0.29, 0.717) is 0 Å². The van der Waals surface area contributed by atoms with Gasteiger partial charge in [-0.05, 0) is 25.6 Å². The summed E-state index contributed by atoms with van der Waals surface area (Å²) in [5, 5.41) is 10.1. The molecule has 0 atom stereocenters. The van der Waals surface area contributed by atoms with Crippen LogP contribution in [0.4, 0.5) is 13.2 Å². The number of alkyl halides is 3. The topological polar surface area (TPSA) is 40.5 Å². The van der Waals surface area contributed by atoms with Gasteiger partial charge in [0.1, 0.15) is 5.75 Å². The van der Waals surface area contributed by atoms with Crippen LogP contribution in [0, 0.1) is 0 Å². The fourth-order valence-electron chi connectivity index (χ4n) is 1.82. The maximum absolute atomic E-state index is 12.4. The van der Waals surface area contributed by atoms with Crippen molar-refractivity contribution in [3.8, 4) is 5.75 Å². The first-order valence-corrected chi connectivity index (χ1v) is 6.33. The summed E-state index contributed by atoms with van der Waals surface area (Å²) in [6, 6.07) is 2.66. The minimum Gasteiger partial charge on any atom is -0.507 e. The minimum absolute atomic E-state index is 0.00978. The number of halogens is 4. The molecule has 0 saturated heterocycles. The summed E-state index contributed by atoms with van der Waals surface area (Å²) >= 11 is 5.82. The fraction of sp³-hybridized carbons (Fsp3) is 0.462. The summed E-state index contributed by atoms with van der Waals surface area (Å²) < 4.78 is 37.2. The van der Waals surface area contributed by atoms with Gasteiger partial charge in [-0.2, -0.15) is 13.2 Å². The second kappa shape index (κ2) is 6.45. The second-order valence-corrected chi connectivity index (χ2v) is 4.87. The van der Waals surface area contributed by atoms with Crippen LogP contribution in [-0.4, -0.2) is 35.1 Å². The standard InChI is InChI=1S/C13H15ClF3NO2/c1-3-18(7-13(15,16)17)6-9-4-10(14)5-11(8(2)19)12(9)20/h4-5,20H,3,6-7H2,1-2H3. The number of Topliss-reactive ketones (excluding diaryl/α,β-unsaturated/α-hetero) is 1. The Kier molecular flexibility index (Phi) is 5.42. The van der Waals surface area contributed by atoms with Gasteiger partial charge in [0.25, 0.3) is 0 Å². The molecule has 0 heterocycles. The van der Waals surface area contributed by atoms with Crippen LogP contribution in [0.25, 0.3) is 0 Å². The molecule has 0 fully saturated rings. The molecule has 0 aromatic heterocycles. The highest BCUT2D eigenvalue weighted by molar-refractivity contribution is 6.31. The van der Waals surface area contributed by atoms with Gasteiger partial charge in [0, 0.05) is 17.1 Å². The van der Waals surface area contributed by atoms with Crippen molar-refractivity contribution < 1.29 is 23.1 Å². The molecule has 1 aromatic carbocycles. The molecule has 0 aliphatic carbocycles. The smallest absolute Gasteiger partial charge is 0.401 e. The lowest BCUT2D eigenvalue weighted by atomic mass is 10.1. The zero-order valence-corrected chi connectivity index (χ0v) is 11.8. The molecular weight excluding hydrogens is 295 g/mol. The SMILES string of the molecule is CCN(Cc1cc(Cl)cc(C(C)=O)c1O)CC(F)(F)F. The van der Waals surface area contributed by atoms with E-state index in [9.17, 15) is 23.1 Å². The van der Waals surface area contributed by atoms with E-state index in [0.717, 1.165) is 4.90 Å². The van der Waals surface area contributed by atoms with E-state index in [4.69, 9.17) is 11.6 Å². The van der Waals surface area contributed by atoms with E-state index in [1.165, 1.54) is 19.1 Å². The van der Waals surface area contributed by atoms with Gasteiger partial charge in [0.05, 0.1) is 12.1 Å². The molecule has 0 amide bonds. The van der Waals surface area contributed by atoms with Crippen molar-refractivity contribution in [3.63, 3.8) is 0 Å². The summed E-state index contributed by atoms with van der Waals surface area (Å²) in [4.78, 5) is 12.4. The van der Waals surface area contributed by atoms with Crippen LogP contribution in [-0.2, 0) is 6.54 Å². The highest BCUT2D eigenvalue weighted by Crippen LogP contribution is 2.29. The Balaban J connectivity index is 3.04. The van der Waals surface area contributed by atoms with Crippen LogP contribution in [0.5, 0.6) is 5.75 Å². The molecule has 0 aliphatic heterocycles. The van der Waals surface area contributed by atoms with Crippen molar-refractivity contribution in [3.05, 3.63) is 28.3 Å². The van der Waals surface area contributed by atoms with Gasteiger partial charge in [-0.25, -0.2) is 0 Å². The first-order valence-electron chi connectivity index (χ1n) is 5.95. The van der Waals surface area contributed by atoms with Gasteiger partial charge in [0.2, 0.25) is 0 Å². The number of rotatable bonds is 5. The number of carbonyl (C=O) groups is 1. The molecule has 3 nitrogen and oxygen atoms in total. The molecule has 1 rings (SSSR count). The van der Waals surface area contributed by atoms with E-state index in [1.54, 1.807) is 6.92 Å². The first-order chi connectivity index (χ1) is 9.14. The van der Waals surface area contributed by atoms with Crippen LogP contribution >= 0.6 is 11.6 Å². The summed E-state index contributed by atoms with van der Waals surface area (Å²) in [7, 11) is 0. The molecule has 0 bridgehead atoms. The maximum Gasteiger partial charge on any atom is 0.401 e. The average molecular weight is 310 g/mol. The quantitative estimate of drug-likeness (QED) is 0.844. The minimum atomic E-state index is -4.33. The van der Waals surface area contributed by atoms with Crippen molar-refractivity contribution in [1.29, 1.82) is 0 Å². The molecule has 0 aliphatic rings. The number of nitrogens with zero attached hydrogens (tertiary/aromatic N) is 1. The van der Waals surface area contributed by atoms with Crippen LogP contribution in [0.1, 0.15) is 29.8 Å². The second-order valence-electron chi connectivity index (χ2n) is 4.44. The zero-order chi connectivity index (χ0) is 15.5. The van der Waals surface area contributed by atoms with Gasteiger partial charge in [-0.3, -0.25) is 9.69 Å². The van der Waals surface area contributed by atoms with Crippen molar-refractivity contribution in [2.24, 2.45) is 0 Å². The number of ketones is 1. The van der Waals surface area contributed by atoms with Crippen molar-refractivity contribution in [1.82, 2.24) is 4.90 Å². The van der Waals surface area contributed by atoms with Gasteiger partial charge >= 0.3 is 6.18 Å². The van der Waals surface area contributed by atoms with Crippen LogP contribution in [0.15, 0.2) is 12.1 Å². The lowest BCUT2D eigenvalue weighted by molar-refractivity contribution is -0.146. The third kappa shape index (κ3) is 4.68. The molecule has 112 valence electrons. The normalized spacial score (nSPS) is 11.9. The Bertz CT molecular complexity index is 503. The number of hydrogen-bond donors (Lipinski definition) is 1. The predicted molar refractivity (Wildman–Crippen MR) is 70.1 cm³/mol. The summed E-state index contributed by atoms with van der Waals surface area (Å²) in [6.45, 7) is 1.76. The fourth-order valence-corrected chi connectivity index (χ4v) is 2.06. The molecule has 1 aromatic rings. The van der Waals surface area contributed by atoms with Crippen LogP contribution in [0.3, 0.4) is 0 Å². The first kappa shape index (κ1) is 16.8. The molecule has 7 heteroatoms. The molecule has 0 spiro atoms. The number of carbonyl (C=O) groups excluding carboxylic acids is 1. The van der Waals surface area contributed by atoms with Gasteiger partial charge in [-0.1, -0.05) is 18.5 Å². The Morgan fingerprint density at radius 2 is 2.00 bits per heavy atom. The molecule has 1 N–H and O–H groups in total. The molecule has 20 heavy (non-hydrogen) atoms. The van der Waals surface area contributed by atoms with Gasteiger partial charge in [0.15, 0.2) is 5.78 Å². The molecule has 0 radical (unpaired) electrons. The molecule has 0 unspecified atom stereocenters. The molecular formula is C13H15ClF3NO2. The van der Waals surface area contributed by atoms with Gasteiger partial charge in [-0.15, -0.1) is 0 Å². The Morgan fingerprint density at radius 3 is 2.45 bits per heavy atom. The van der Waals surface area contributed by atoms with Crippen LogP contribution < -0.4 is 0 Å². The summed E-state index contributed by atoms with van der Waals surface area (Å²) in [5.41, 5.74) is 0.212. The number of hydrogen-bond acceptors (Lipinski definition) is 3. The number of phenols is 1.